The first kappa shape index (κ1) is 17.0. The van der Waals surface area contributed by atoms with Crippen molar-refractivity contribution < 1.29 is 21.4 Å². The summed E-state index contributed by atoms with van der Waals surface area (Å²) in [5.41, 5.74) is 0.933. The standard InChI is InChI=1S/C14H20F2O3S/c1-3-9-14(15,16)10-4-11-19-20(17,18)13-7-5-12(2)6-8-13/h5-8H,3-4,9-11H2,1-2H3. The normalized spacial score (nSPS) is 12.6. The first-order valence-corrected chi connectivity index (χ1v) is 8.01. The van der Waals surface area contributed by atoms with Gasteiger partial charge in [-0.25, -0.2) is 8.78 Å². The molecule has 0 aliphatic rings. The Bertz CT molecular complexity index is 510. The number of aryl methyl sites for hydroxylation is 1. The summed E-state index contributed by atoms with van der Waals surface area (Å²) in [5, 5.41) is 0. The topological polar surface area (TPSA) is 43.4 Å². The molecule has 0 saturated heterocycles. The molecule has 1 aromatic carbocycles. The molecule has 0 fully saturated rings. The fraction of sp³-hybridized carbons (Fsp3) is 0.571. The maximum atomic E-state index is 13.2. The van der Waals surface area contributed by atoms with Crippen molar-refractivity contribution in [3.63, 3.8) is 0 Å². The van der Waals surface area contributed by atoms with E-state index >= 15 is 0 Å². The van der Waals surface area contributed by atoms with Crippen LogP contribution in [0.2, 0.25) is 0 Å². The predicted molar refractivity (Wildman–Crippen MR) is 73.4 cm³/mol. The highest BCUT2D eigenvalue weighted by Gasteiger charge is 2.27. The molecule has 0 aliphatic carbocycles. The summed E-state index contributed by atoms with van der Waals surface area (Å²) in [7, 11) is -3.85. The zero-order valence-corrected chi connectivity index (χ0v) is 12.6. The molecule has 0 atom stereocenters. The smallest absolute Gasteiger partial charge is 0.266 e. The monoisotopic (exact) mass is 306 g/mol. The van der Waals surface area contributed by atoms with Crippen LogP contribution in [0.4, 0.5) is 8.78 Å². The summed E-state index contributed by atoms with van der Waals surface area (Å²) in [6.45, 7) is 3.30. The Morgan fingerprint density at radius 2 is 1.75 bits per heavy atom. The molecule has 20 heavy (non-hydrogen) atoms. The number of halogens is 2. The van der Waals surface area contributed by atoms with Gasteiger partial charge in [-0.1, -0.05) is 31.0 Å². The third kappa shape index (κ3) is 5.54. The van der Waals surface area contributed by atoms with Gasteiger partial charge in [0.1, 0.15) is 0 Å². The second-order valence-corrected chi connectivity index (χ2v) is 6.41. The van der Waals surface area contributed by atoms with Crippen molar-refractivity contribution in [2.75, 3.05) is 6.61 Å². The van der Waals surface area contributed by atoms with Gasteiger partial charge in [-0.2, -0.15) is 8.42 Å². The molecule has 0 unspecified atom stereocenters. The zero-order valence-electron chi connectivity index (χ0n) is 11.7. The summed E-state index contributed by atoms with van der Waals surface area (Å²) in [6.07, 6.45) is -0.129. The van der Waals surface area contributed by atoms with Gasteiger partial charge in [0, 0.05) is 12.8 Å². The Labute approximate surface area is 119 Å². The van der Waals surface area contributed by atoms with E-state index in [1.54, 1.807) is 19.1 Å². The van der Waals surface area contributed by atoms with Crippen LogP contribution in [0.1, 0.15) is 38.2 Å². The minimum atomic E-state index is -3.85. The quantitative estimate of drug-likeness (QED) is 0.540. The van der Waals surface area contributed by atoms with E-state index in [4.69, 9.17) is 4.18 Å². The summed E-state index contributed by atoms with van der Waals surface area (Å²) < 4.78 is 54.7. The van der Waals surface area contributed by atoms with Gasteiger partial charge in [0.2, 0.25) is 5.92 Å². The molecule has 0 radical (unpaired) electrons. The number of rotatable bonds is 8. The lowest BCUT2D eigenvalue weighted by Gasteiger charge is -2.14. The lowest BCUT2D eigenvalue weighted by molar-refractivity contribution is -0.0209. The molecule has 0 bridgehead atoms. The van der Waals surface area contributed by atoms with Crippen LogP contribution in [0.15, 0.2) is 29.2 Å². The van der Waals surface area contributed by atoms with E-state index in [2.05, 4.69) is 0 Å². The Balaban J connectivity index is 2.47. The van der Waals surface area contributed by atoms with E-state index in [-0.39, 0.29) is 30.8 Å². The molecule has 6 heteroatoms. The highest BCUT2D eigenvalue weighted by Crippen LogP contribution is 2.26. The summed E-state index contributed by atoms with van der Waals surface area (Å²) in [5.74, 6) is -2.74. The highest BCUT2D eigenvalue weighted by atomic mass is 32.2. The van der Waals surface area contributed by atoms with Crippen molar-refractivity contribution in [1.82, 2.24) is 0 Å². The average Bonchev–Trinajstić information content (AvgIpc) is 2.35. The molecule has 0 heterocycles. The first-order valence-electron chi connectivity index (χ1n) is 6.61. The molecule has 0 aliphatic heterocycles. The molecular formula is C14H20F2O3S. The van der Waals surface area contributed by atoms with Gasteiger partial charge in [0.15, 0.2) is 0 Å². The second-order valence-electron chi connectivity index (χ2n) is 4.80. The van der Waals surface area contributed by atoms with Crippen molar-refractivity contribution in [3.8, 4) is 0 Å². The number of benzene rings is 1. The van der Waals surface area contributed by atoms with Crippen LogP contribution in [0.25, 0.3) is 0 Å². The van der Waals surface area contributed by atoms with Crippen LogP contribution >= 0.6 is 0 Å². The molecule has 0 saturated carbocycles. The predicted octanol–water partition coefficient (Wildman–Crippen LogP) is 3.92. The van der Waals surface area contributed by atoms with Gasteiger partial charge in [0.25, 0.3) is 10.1 Å². The van der Waals surface area contributed by atoms with Gasteiger partial charge < -0.3 is 0 Å². The van der Waals surface area contributed by atoms with Crippen LogP contribution in [-0.4, -0.2) is 20.9 Å². The number of alkyl halides is 2. The molecule has 0 N–H and O–H groups in total. The fourth-order valence-corrected chi connectivity index (χ4v) is 2.71. The van der Waals surface area contributed by atoms with Gasteiger partial charge in [-0.15, -0.1) is 0 Å². The molecule has 0 aromatic heterocycles. The van der Waals surface area contributed by atoms with E-state index < -0.39 is 16.0 Å². The Morgan fingerprint density at radius 3 is 2.30 bits per heavy atom. The van der Waals surface area contributed by atoms with Crippen LogP contribution in [0.3, 0.4) is 0 Å². The molecular weight excluding hydrogens is 286 g/mol. The minimum Gasteiger partial charge on any atom is -0.266 e. The maximum Gasteiger partial charge on any atom is 0.296 e. The van der Waals surface area contributed by atoms with Crippen LogP contribution in [0, 0.1) is 6.92 Å². The highest BCUT2D eigenvalue weighted by molar-refractivity contribution is 7.86. The van der Waals surface area contributed by atoms with Crippen molar-refractivity contribution in [2.24, 2.45) is 0 Å². The van der Waals surface area contributed by atoms with Gasteiger partial charge in [0.05, 0.1) is 11.5 Å². The zero-order chi connectivity index (χ0) is 15.2. The van der Waals surface area contributed by atoms with Crippen LogP contribution in [-0.2, 0) is 14.3 Å². The van der Waals surface area contributed by atoms with E-state index in [0.29, 0.717) is 6.42 Å². The van der Waals surface area contributed by atoms with Gasteiger partial charge in [-0.3, -0.25) is 4.18 Å². The number of hydrogen-bond acceptors (Lipinski definition) is 3. The number of hydrogen-bond donors (Lipinski definition) is 0. The van der Waals surface area contributed by atoms with Crippen molar-refractivity contribution in [1.29, 1.82) is 0 Å². The second kappa shape index (κ2) is 7.13. The maximum absolute atomic E-state index is 13.2. The lowest BCUT2D eigenvalue weighted by atomic mass is 10.1. The largest absolute Gasteiger partial charge is 0.296 e. The SMILES string of the molecule is CCCC(F)(F)CCCOS(=O)(=O)c1ccc(C)cc1. The van der Waals surface area contributed by atoms with Crippen LogP contribution < -0.4 is 0 Å². The third-order valence-corrected chi connectivity index (χ3v) is 4.18. The summed E-state index contributed by atoms with van der Waals surface area (Å²) in [4.78, 5) is 0.0448. The van der Waals surface area contributed by atoms with Crippen molar-refractivity contribution in [2.45, 2.75) is 50.3 Å². The molecule has 1 rings (SSSR count). The molecule has 0 spiro atoms. The van der Waals surface area contributed by atoms with Crippen LogP contribution in [0.5, 0.6) is 0 Å². The van der Waals surface area contributed by atoms with Gasteiger partial charge >= 0.3 is 0 Å². The summed E-state index contributed by atoms with van der Waals surface area (Å²) >= 11 is 0. The average molecular weight is 306 g/mol. The minimum absolute atomic E-state index is 0.0120. The Kier molecular flexibility index (Phi) is 6.07. The Hall–Kier alpha value is -1.01. The fourth-order valence-electron chi connectivity index (χ4n) is 1.76. The van der Waals surface area contributed by atoms with Crippen molar-refractivity contribution in [3.05, 3.63) is 29.8 Å². The Morgan fingerprint density at radius 1 is 1.15 bits per heavy atom. The van der Waals surface area contributed by atoms with Crippen molar-refractivity contribution >= 4 is 10.1 Å². The first-order chi connectivity index (χ1) is 9.27. The van der Waals surface area contributed by atoms with E-state index in [1.165, 1.54) is 12.1 Å². The molecule has 114 valence electrons. The van der Waals surface area contributed by atoms with E-state index in [1.807, 2.05) is 6.92 Å². The third-order valence-electron chi connectivity index (χ3n) is 2.85. The lowest BCUT2D eigenvalue weighted by Crippen LogP contribution is -2.17. The molecule has 3 nitrogen and oxygen atoms in total. The van der Waals surface area contributed by atoms with Gasteiger partial charge in [-0.05, 0) is 25.5 Å². The van der Waals surface area contributed by atoms with E-state index in [0.717, 1.165) is 5.56 Å². The molecule has 0 amide bonds. The van der Waals surface area contributed by atoms with E-state index in [9.17, 15) is 17.2 Å². The molecule has 1 aromatic rings. The summed E-state index contributed by atoms with van der Waals surface area (Å²) in [6, 6.07) is 6.20.